The molecule has 0 atom stereocenters. The number of likely N-dealkylation sites (N-methyl/N-ethyl adjacent to an activating group) is 1. The van der Waals surface area contributed by atoms with E-state index in [1.165, 1.54) is 6.20 Å². The van der Waals surface area contributed by atoms with Crippen molar-refractivity contribution in [1.82, 2.24) is 9.88 Å². The van der Waals surface area contributed by atoms with Crippen molar-refractivity contribution >= 4 is 18.4 Å². The van der Waals surface area contributed by atoms with Crippen LogP contribution in [0.25, 0.3) is 0 Å². The first kappa shape index (κ1) is 12.4. The first-order valence-electron chi connectivity index (χ1n) is 5.92. The average Bonchev–Trinajstić information content (AvgIpc) is 2.54. The predicted octanol–water partition coefficient (Wildman–Crippen LogP) is -1.10. The third-order valence-electron chi connectivity index (χ3n) is 3.11. The van der Waals surface area contributed by atoms with Gasteiger partial charge in [-0.2, -0.15) is 0 Å². The van der Waals surface area contributed by atoms with Crippen LogP contribution in [0.3, 0.4) is 0 Å². The van der Waals surface area contributed by atoms with E-state index in [1.807, 2.05) is 6.07 Å². The van der Waals surface area contributed by atoms with Crippen molar-refractivity contribution in [3.63, 3.8) is 0 Å². The molecule has 0 spiro atoms. The third-order valence-corrected chi connectivity index (χ3v) is 3.11. The number of hydrogen-bond acceptors (Lipinski definition) is 5. The fourth-order valence-corrected chi connectivity index (χ4v) is 2.01. The summed E-state index contributed by atoms with van der Waals surface area (Å²) in [6, 6.07) is 3.56. The Kier molecular flexibility index (Phi) is 3.99. The molecule has 0 aromatic carbocycles. The van der Waals surface area contributed by atoms with Gasteiger partial charge in [0.1, 0.15) is 5.82 Å². The number of rotatable bonds is 2. The molecule has 0 aliphatic carbocycles. The maximum atomic E-state index is 9.00. The van der Waals surface area contributed by atoms with Gasteiger partial charge in [0.15, 0.2) is 0 Å². The minimum absolute atomic E-state index is 0.431. The molecule has 0 saturated carbocycles. The summed E-state index contributed by atoms with van der Waals surface area (Å²) >= 11 is 0. The van der Waals surface area contributed by atoms with Gasteiger partial charge in [-0.25, -0.2) is 4.98 Å². The van der Waals surface area contributed by atoms with Gasteiger partial charge in [0.25, 0.3) is 0 Å². The monoisotopic (exact) mass is 235 g/mol. The quantitative estimate of drug-likeness (QED) is 0.637. The molecule has 0 amide bonds. The molecule has 5 nitrogen and oxygen atoms in total. The maximum Gasteiger partial charge on any atom is 0.490 e. The molecule has 2 heterocycles. The van der Waals surface area contributed by atoms with E-state index in [2.05, 4.69) is 21.8 Å². The number of hydrogen-bond donors (Lipinski definition) is 2. The minimum Gasteiger partial charge on any atom is -0.423 e. The topological polar surface area (TPSA) is 59.8 Å². The van der Waals surface area contributed by atoms with Gasteiger partial charge >= 0.3 is 7.12 Å². The van der Waals surface area contributed by atoms with Crippen molar-refractivity contribution < 1.29 is 10.0 Å². The van der Waals surface area contributed by atoms with Crippen LogP contribution < -0.4 is 10.4 Å². The van der Waals surface area contributed by atoms with E-state index in [1.54, 1.807) is 6.07 Å². The fourth-order valence-electron chi connectivity index (χ4n) is 2.01. The molecule has 0 bridgehead atoms. The highest BCUT2D eigenvalue weighted by molar-refractivity contribution is 6.58. The van der Waals surface area contributed by atoms with Gasteiger partial charge in [0, 0.05) is 31.3 Å². The molecule has 1 aliphatic rings. The van der Waals surface area contributed by atoms with Crippen molar-refractivity contribution in [2.24, 2.45) is 0 Å². The SMILES string of the molecule is CN1CCCN(c2ccc(B(O)O)cn2)CC1. The summed E-state index contributed by atoms with van der Waals surface area (Å²) in [5, 5.41) is 18.0. The second-order valence-corrected chi connectivity index (χ2v) is 4.47. The lowest BCUT2D eigenvalue weighted by atomic mass is 9.82. The highest BCUT2D eigenvalue weighted by Gasteiger charge is 2.15. The number of anilines is 1. The Labute approximate surface area is 102 Å². The molecule has 1 saturated heterocycles. The minimum atomic E-state index is -1.44. The van der Waals surface area contributed by atoms with Crippen molar-refractivity contribution in [1.29, 1.82) is 0 Å². The summed E-state index contributed by atoms with van der Waals surface area (Å²) in [5.74, 6) is 0.907. The van der Waals surface area contributed by atoms with Gasteiger partial charge in [-0.15, -0.1) is 0 Å². The number of nitrogens with zero attached hydrogens (tertiary/aromatic N) is 3. The Hall–Kier alpha value is -1.11. The van der Waals surface area contributed by atoms with Crippen LogP contribution >= 0.6 is 0 Å². The van der Waals surface area contributed by atoms with Gasteiger partial charge in [-0.1, -0.05) is 6.07 Å². The molecule has 1 aromatic heterocycles. The second-order valence-electron chi connectivity index (χ2n) is 4.47. The van der Waals surface area contributed by atoms with Crippen LogP contribution in [0.4, 0.5) is 5.82 Å². The molecule has 0 radical (unpaired) electrons. The average molecular weight is 235 g/mol. The van der Waals surface area contributed by atoms with E-state index < -0.39 is 7.12 Å². The molecule has 6 heteroatoms. The number of aromatic nitrogens is 1. The largest absolute Gasteiger partial charge is 0.490 e. The van der Waals surface area contributed by atoms with Crippen LogP contribution in [0, 0.1) is 0 Å². The highest BCUT2D eigenvalue weighted by Crippen LogP contribution is 2.11. The van der Waals surface area contributed by atoms with Crippen LogP contribution in [0.15, 0.2) is 18.3 Å². The van der Waals surface area contributed by atoms with E-state index in [9.17, 15) is 0 Å². The molecule has 2 rings (SSSR count). The smallest absolute Gasteiger partial charge is 0.423 e. The lowest BCUT2D eigenvalue weighted by molar-refractivity contribution is 0.360. The molecular weight excluding hydrogens is 217 g/mol. The van der Waals surface area contributed by atoms with Gasteiger partial charge in [0.05, 0.1) is 0 Å². The van der Waals surface area contributed by atoms with E-state index >= 15 is 0 Å². The van der Waals surface area contributed by atoms with Crippen LogP contribution in [-0.4, -0.2) is 60.3 Å². The molecule has 92 valence electrons. The van der Waals surface area contributed by atoms with Gasteiger partial charge in [-0.05, 0) is 26.1 Å². The van der Waals surface area contributed by atoms with E-state index in [-0.39, 0.29) is 0 Å². The molecule has 1 aromatic rings. The summed E-state index contributed by atoms with van der Waals surface area (Å²) in [6.45, 7) is 4.11. The second kappa shape index (κ2) is 5.49. The van der Waals surface area contributed by atoms with Crippen LogP contribution in [-0.2, 0) is 0 Å². The lowest BCUT2D eigenvalue weighted by Gasteiger charge is -2.21. The Balaban J connectivity index is 2.06. The predicted molar refractivity (Wildman–Crippen MR) is 68.4 cm³/mol. The molecule has 1 fully saturated rings. The third kappa shape index (κ3) is 3.18. The van der Waals surface area contributed by atoms with Gasteiger partial charge in [0.2, 0.25) is 0 Å². The van der Waals surface area contributed by atoms with Gasteiger partial charge in [-0.3, -0.25) is 0 Å². The van der Waals surface area contributed by atoms with Crippen molar-refractivity contribution in [3.05, 3.63) is 18.3 Å². The Morgan fingerprint density at radius 3 is 2.65 bits per heavy atom. The van der Waals surface area contributed by atoms with Crippen LogP contribution in [0.2, 0.25) is 0 Å². The summed E-state index contributed by atoms with van der Waals surface area (Å²) in [7, 11) is 0.689. The summed E-state index contributed by atoms with van der Waals surface area (Å²) in [4.78, 5) is 8.82. The lowest BCUT2D eigenvalue weighted by Crippen LogP contribution is -2.32. The van der Waals surface area contributed by atoms with E-state index in [0.29, 0.717) is 5.46 Å². The Bertz CT molecular complexity index is 358. The maximum absolute atomic E-state index is 9.00. The van der Waals surface area contributed by atoms with Gasteiger partial charge < -0.3 is 19.8 Å². The van der Waals surface area contributed by atoms with Crippen LogP contribution in [0.5, 0.6) is 0 Å². The summed E-state index contributed by atoms with van der Waals surface area (Å²) in [6.07, 6.45) is 2.65. The van der Waals surface area contributed by atoms with E-state index in [4.69, 9.17) is 10.0 Å². The zero-order valence-corrected chi connectivity index (χ0v) is 10.1. The highest BCUT2D eigenvalue weighted by atomic mass is 16.4. The van der Waals surface area contributed by atoms with Crippen molar-refractivity contribution in [2.45, 2.75) is 6.42 Å². The first-order chi connectivity index (χ1) is 8.16. The van der Waals surface area contributed by atoms with Crippen molar-refractivity contribution in [3.8, 4) is 0 Å². The standard InChI is InChI=1S/C11H18BN3O2/c1-14-5-2-6-15(8-7-14)11-4-3-10(9-13-11)12(16)17/h3-4,9,16-17H,2,5-8H2,1H3. The molecule has 17 heavy (non-hydrogen) atoms. The van der Waals surface area contributed by atoms with Crippen LogP contribution in [0.1, 0.15) is 6.42 Å². The van der Waals surface area contributed by atoms with E-state index in [0.717, 1.165) is 38.4 Å². The fraction of sp³-hybridized carbons (Fsp3) is 0.545. The number of pyridine rings is 1. The molecular formula is C11H18BN3O2. The Morgan fingerprint density at radius 2 is 2.00 bits per heavy atom. The summed E-state index contributed by atoms with van der Waals surface area (Å²) < 4.78 is 0. The zero-order chi connectivity index (χ0) is 12.3. The molecule has 1 aliphatic heterocycles. The normalized spacial score (nSPS) is 17.9. The summed E-state index contributed by atoms with van der Waals surface area (Å²) in [5.41, 5.74) is 0.431. The Morgan fingerprint density at radius 1 is 1.18 bits per heavy atom. The first-order valence-corrected chi connectivity index (χ1v) is 5.92. The molecule has 2 N–H and O–H groups in total. The zero-order valence-electron chi connectivity index (χ0n) is 10.1. The van der Waals surface area contributed by atoms with Crippen molar-refractivity contribution in [2.75, 3.05) is 38.1 Å². The molecule has 0 unspecified atom stereocenters.